The number of carbonyl (C=O) groups excluding carboxylic acids is 1. The number of amides is 1. The van der Waals surface area contributed by atoms with E-state index in [4.69, 9.17) is 25.8 Å². The molecule has 196 valence electrons. The fraction of sp³-hybridized carbons (Fsp3) is 0.240. The zero-order chi connectivity index (χ0) is 27.0. The number of halogens is 1. The molecular formula is C25H29ClN5O5P. The van der Waals surface area contributed by atoms with Gasteiger partial charge in [-0.15, -0.1) is 0 Å². The highest BCUT2D eigenvalue weighted by Gasteiger charge is 2.18. The molecule has 3 N–H and O–H groups in total. The van der Waals surface area contributed by atoms with Crippen LogP contribution in [0.2, 0.25) is 5.02 Å². The van der Waals surface area contributed by atoms with Gasteiger partial charge in [0.2, 0.25) is 11.9 Å². The van der Waals surface area contributed by atoms with Crippen LogP contribution in [0.15, 0.2) is 55.3 Å². The first-order valence-electron chi connectivity index (χ1n) is 11.1. The first kappa shape index (κ1) is 28.0. The maximum Gasteiger partial charge on any atom is 0.247 e. The van der Waals surface area contributed by atoms with Crippen LogP contribution in [-0.2, 0) is 14.1 Å². The summed E-state index contributed by atoms with van der Waals surface area (Å²) in [6.07, 6.45) is 2.59. The van der Waals surface area contributed by atoms with Crippen molar-refractivity contribution in [3.8, 4) is 11.5 Å². The highest BCUT2D eigenvalue weighted by molar-refractivity contribution is 7.70. The van der Waals surface area contributed by atoms with E-state index in [0.29, 0.717) is 46.3 Å². The van der Waals surface area contributed by atoms with Gasteiger partial charge in [0, 0.05) is 18.5 Å². The van der Waals surface area contributed by atoms with Crippen LogP contribution in [0.25, 0.3) is 0 Å². The fourth-order valence-electron chi connectivity index (χ4n) is 3.28. The van der Waals surface area contributed by atoms with Crippen molar-refractivity contribution in [2.45, 2.75) is 0 Å². The van der Waals surface area contributed by atoms with E-state index in [1.54, 1.807) is 44.7 Å². The summed E-state index contributed by atoms with van der Waals surface area (Å²) in [6.45, 7) is 7.51. The molecule has 1 amide bonds. The van der Waals surface area contributed by atoms with Crippen LogP contribution in [0.4, 0.5) is 28.8 Å². The molecule has 0 aliphatic heterocycles. The van der Waals surface area contributed by atoms with Gasteiger partial charge in [0.25, 0.3) is 0 Å². The predicted molar refractivity (Wildman–Crippen MR) is 148 cm³/mol. The number of carbonyl (C=O) groups is 1. The molecule has 3 aromatic rings. The van der Waals surface area contributed by atoms with Gasteiger partial charge < -0.3 is 34.7 Å². The number of hydrogen-bond acceptors (Lipinski definition) is 9. The maximum atomic E-state index is 12.7. The Morgan fingerprint density at radius 2 is 1.84 bits per heavy atom. The Labute approximate surface area is 220 Å². The van der Waals surface area contributed by atoms with E-state index in [2.05, 4.69) is 32.5 Å². The Hall–Kier alpha value is -3.59. The Morgan fingerprint density at radius 3 is 2.51 bits per heavy atom. The lowest BCUT2D eigenvalue weighted by atomic mass is 10.2. The summed E-state index contributed by atoms with van der Waals surface area (Å²) in [7, 11) is 0.503. The highest BCUT2D eigenvalue weighted by Crippen LogP contribution is 2.40. The molecule has 3 rings (SSSR count). The summed E-state index contributed by atoms with van der Waals surface area (Å²) in [5.74, 6) is 0.908. The molecule has 1 heterocycles. The molecule has 0 bridgehead atoms. The predicted octanol–water partition coefficient (Wildman–Crippen LogP) is 5.02. The topological polar surface area (TPSA) is 124 Å². The van der Waals surface area contributed by atoms with E-state index < -0.39 is 13.0 Å². The van der Waals surface area contributed by atoms with Gasteiger partial charge in [-0.2, -0.15) is 4.98 Å². The Balaban J connectivity index is 1.96. The van der Waals surface area contributed by atoms with Crippen LogP contribution < -0.4 is 30.7 Å². The summed E-state index contributed by atoms with van der Waals surface area (Å²) in [5.41, 5.74) is 1.47. The van der Waals surface area contributed by atoms with E-state index in [0.717, 1.165) is 6.08 Å². The molecule has 1 aromatic heterocycles. The summed E-state index contributed by atoms with van der Waals surface area (Å²) in [6, 6.07) is 10.5. The van der Waals surface area contributed by atoms with Crippen molar-refractivity contribution in [1.82, 2.24) is 9.97 Å². The first-order chi connectivity index (χ1) is 17.7. The molecule has 0 atom stereocenters. The van der Waals surface area contributed by atoms with Crippen LogP contribution in [0, 0.1) is 0 Å². The summed E-state index contributed by atoms with van der Waals surface area (Å²) < 4.78 is 29.0. The molecule has 12 heteroatoms. The molecule has 10 nitrogen and oxygen atoms in total. The van der Waals surface area contributed by atoms with Crippen molar-refractivity contribution < 1.29 is 23.6 Å². The van der Waals surface area contributed by atoms with Crippen molar-refractivity contribution in [3.63, 3.8) is 0 Å². The van der Waals surface area contributed by atoms with Gasteiger partial charge in [-0.1, -0.05) is 30.3 Å². The SMILES string of the molecule is C=CC(=O)Nc1cc(Nc2ncc(Cl)c(Nc3ccccc3P(C)(C)=O)n2)c(OC)cc1OCCOC. The molecule has 2 aromatic carbocycles. The zero-order valence-corrected chi connectivity index (χ0v) is 22.7. The number of ether oxygens (including phenoxy) is 3. The van der Waals surface area contributed by atoms with E-state index in [1.807, 2.05) is 12.1 Å². The smallest absolute Gasteiger partial charge is 0.247 e. The minimum atomic E-state index is -2.56. The minimum absolute atomic E-state index is 0.202. The summed E-state index contributed by atoms with van der Waals surface area (Å²) >= 11 is 6.36. The number of aromatic nitrogens is 2. The van der Waals surface area contributed by atoms with Crippen LogP contribution in [0.3, 0.4) is 0 Å². The molecule has 0 spiro atoms. The molecule has 0 aliphatic carbocycles. The third-order valence-electron chi connectivity index (χ3n) is 5.02. The molecule has 0 saturated heterocycles. The molecule has 0 unspecified atom stereocenters. The van der Waals surface area contributed by atoms with Crippen molar-refractivity contribution >= 4 is 58.8 Å². The second-order valence-corrected chi connectivity index (χ2v) is 11.7. The lowest BCUT2D eigenvalue weighted by molar-refractivity contribution is -0.111. The number of para-hydroxylation sites is 1. The quantitative estimate of drug-likeness (QED) is 0.163. The van der Waals surface area contributed by atoms with Crippen molar-refractivity contribution in [3.05, 3.63) is 60.3 Å². The lowest BCUT2D eigenvalue weighted by Crippen LogP contribution is -2.12. The number of nitrogens with one attached hydrogen (secondary N) is 3. The first-order valence-corrected chi connectivity index (χ1v) is 14.1. The van der Waals surface area contributed by atoms with E-state index in [1.165, 1.54) is 13.3 Å². The second kappa shape index (κ2) is 12.6. The van der Waals surface area contributed by atoms with Gasteiger partial charge in [0.1, 0.15) is 30.3 Å². The average molecular weight is 546 g/mol. The van der Waals surface area contributed by atoms with Crippen molar-refractivity contribution in [2.24, 2.45) is 0 Å². The molecule has 37 heavy (non-hydrogen) atoms. The highest BCUT2D eigenvalue weighted by atomic mass is 35.5. The lowest BCUT2D eigenvalue weighted by Gasteiger charge is -2.18. The normalized spacial score (nSPS) is 10.9. The van der Waals surface area contributed by atoms with Gasteiger partial charge in [0.05, 0.1) is 37.0 Å². The van der Waals surface area contributed by atoms with E-state index in [-0.39, 0.29) is 17.6 Å². The molecule has 0 saturated carbocycles. The number of nitrogens with zero attached hydrogens (tertiary/aromatic N) is 2. The minimum Gasteiger partial charge on any atom is -0.494 e. The molecular weight excluding hydrogens is 517 g/mol. The standard InChI is InChI=1S/C25H29ClN5O5P/c1-6-23(32)28-19-13-18(20(35-3)14-21(19)36-12-11-34-2)30-25-27-15-16(26)24(31-25)29-17-9-7-8-10-22(17)37(4,5)33/h6-10,13-15H,1,11-12H2,2-5H3,(H,28,32)(H2,27,29,30,31). The van der Waals surface area contributed by atoms with Crippen LogP contribution in [0.1, 0.15) is 0 Å². The zero-order valence-electron chi connectivity index (χ0n) is 21.0. The second-order valence-electron chi connectivity index (χ2n) is 8.09. The average Bonchev–Trinajstić information content (AvgIpc) is 2.87. The third kappa shape index (κ3) is 7.45. The van der Waals surface area contributed by atoms with Crippen molar-refractivity contribution in [1.29, 1.82) is 0 Å². The van der Waals surface area contributed by atoms with Crippen LogP contribution >= 0.6 is 18.7 Å². The Bertz CT molecular complexity index is 1330. The number of benzene rings is 2. The number of anilines is 5. The van der Waals surface area contributed by atoms with Crippen molar-refractivity contribution in [2.75, 3.05) is 56.7 Å². The monoisotopic (exact) mass is 545 g/mol. The maximum absolute atomic E-state index is 12.7. The van der Waals surface area contributed by atoms with Gasteiger partial charge >= 0.3 is 0 Å². The van der Waals surface area contributed by atoms with E-state index in [9.17, 15) is 9.36 Å². The summed E-state index contributed by atoms with van der Waals surface area (Å²) in [4.78, 5) is 20.8. The Kier molecular flexibility index (Phi) is 9.52. The third-order valence-corrected chi connectivity index (χ3v) is 6.84. The van der Waals surface area contributed by atoms with Gasteiger partial charge in [-0.25, -0.2) is 4.98 Å². The largest absolute Gasteiger partial charge is 0.494 e. The van der Waals surface area contributed by atoms with Gasteiger partial charge in [-0.05, 0) is 37.6 Å². The number of rotatable bonds is 12. The molecule has 0 aliphatic rings. The van der Waals surface area contributed by atoms with Gasteiger partial charge in [-0.3, -0.25) is 4.79 Å². The number of hydrogen-bond donors (Lipinski definition) is 3. The van der Waals surface area contributed by atoms with Gasteiger partial charge in [0.15, 0.2) is 5.82 Å². The summed E-state index contributed by atoms with van der Waals surface area (Å²) in [5, 5.41) is 9.91. The molecule has 0 radical (unpaired) electrons. The molecule has 0 fully saturated rings. The Morgan fingerprint density at radius 1 is 1.08 bits per heavy atom. The van der Waals surface area contributed by atoms with Crippen LogP contribution in [0.5, 0.6) is 11.5 Å². The fourth-order valence-corrected chi connectivity index (χ4v) is 4.57. The van der Waals surface area contributed by atoms with E-state index >= 15 is 0 Å². The van der Waals surface area contributed by atoms with Crippen LogP contribution in [-0.4, -0.2) is 56.6 Å². The number of methoxy groups -OCH3 is 2.